The number of rotatable bonds is 2. The van der Waals surface area contributed by atoms with Gasteiger partial charge in [-0.05, 0) is 41.6 Å². The van der Waals surface area contributed by atoms with Crippen molar-refractivity contribution in [3.63, 3.8) is 0 Å². The third-order valence-corrected chi connectivity index (χ3v) is 3.25. The Kier molecular flexibility index (Phi) is 10.8. The van der Waals surface area contributed by atoms with E-state index in [1.807, 2.05) is 18.4 Å². The molecule has 15 heavy (non-hydrogen) atoms. The van der Waals surface area contributed by atoms with E-state index in [4.69, 9.17) is 15.9 Å². The van der Waals surface area contributed by atoms with E-state index in [-0.39, 0.29) is 18.2 Å². The zero-order valence-electron chi connectivity index (χ0n) is 7.62. The molecule has 0 aliphatic carbocycles. The first-order valence-electron chi connectivity index (χ1n) is 3.30. The Morgan fingerprint density at radius 1 is 1.53 bits per heavy atom. The van der Waals surface area contributed by atoms with Crippen molar-refractivity contribution in [2.75, 3.05) is 6.26 Å². The minimum Gasteiger partial charge on any atom is -0.383 e. The summed E-state index contributed by atoms with van der Waals surface area (Å²) in [4.78, 5) is 9.83. The third-order valence-electron chi connectivity index (χ3n) is 1.05. The summed E-state index contributed by atoms with van der Waals surface area (Å²) in [5, 5.41) is 7.10. The van der Waals surface area contributed by atoms with Gasteiger partial charge in [0.25, 0.3) is 0 Å². The van der Waals surface area contributed by atoms with Crippen molar-refractivity contribution in [1.29, 1.82) is 5.41 Å². The maximum atomic E-state index is 8.98. The van der Waals surface area contributed by atoms with Gasteiger partial charge in [0, 0.05) is 0 Å². The molecule has 3 N–H and O–H groups in total. The van der Waals surface area contributed by atoms with Crippen molar-refractivity contribution in [2.45, 2.75) is 4.21 Å². The summed E-state index contributed by atoms with van der Waals surface area (Å²) in [7, 11) is 0. The number of hydrogen-bond acceptors (Lipinski definition) is 4. The number of halogens is 3. The maximum absolute atomic E-state index is 8.98. The van der Waals surface area contributed by atoms with Crippen LogP contribution in [-0.4, -0.2) is 16.8 Å². The molecular weight excluding hydrogens is 299 g/mol. The van der Waals surface area contributed by atoms with E-state index in [9.17, 15) is 0 Å². The van der Waals surface area contributed by atoms with E-state index in [1.54, 1.807) is 23.1 Å². The van der Waals surface area contributed by atoms with Crippen LogP contribution in [0.3, 0.4) is 0 Å². The summed E-state index contributed by atoms with van der Waals surface area (Å²) in [6.07, 6.45) is 2.01. The van der Waals surface area contributed by atoms with Gasteiger partial charge in [0.2, 0.25) is 0 Å². The number of carbonyl (C=O) groups excluding carboxylic acids is 1. The van der Waals surface area contributed by atoms with Crippen molar-refractivity contribution in [3.8, 4) is 0 Å². The fraction of sp³-hybridized carbons (Fsp3) is 0.143. The number of thioether (sulfide) groups is 1. The van der Waals surface area contributed by atoms with Crippen LogP contribution in [0.2, 0.25) is 0 Å². The van der Waals surface area contributed by atoms with Crippen LogP contribution in [0.15, 0.2) is 16.3 Å². The average Bonchev–Trinajstić information content (AvgIpc) is 2.50. The fourth-order valence-corrected chi connectivity index (χ4v) is 1.98. The minimum atomic E-state index is -0.889. The van der Waals surface area contributed by atoms with E-state index in [0.29, 0.717) is 0 Å². The van der Waals surface area contributed by atoms with Gasteiger partial charge in [0.1, 0.15) is 5.84 Å². The average molecular weight is 308 g/mol. The smallest absolute Gasteiger partial charge is 0.313 e. The molecule has 1 aromatic rings. The Morgan fingerprint density at radius 2 is 2.00 bits per heavy atom. The zero-order chi connectivity index (χ0) is 11.1. The monoisotopic (exact) mass is 306 g/mol. The Hall–Kier alpha value is 0.0600. The van der Waals surface area contributed by atoms with E-state index in [1.165, 1.54) is 4.21 Å². The van der Waals surface area contributed by atoms with Crippen LogP contribution >= 0.6 is 58.7 Å². The van der Waals surface area contributed by atoms with Gasteiger partial charge in [-0.25, -0.2) is 0 Å². The molecule has 1 rings (SSSR count). The minimum absolute atomic E-state index is 0. The summed E-state index contributed by atoms with van der Waals surface area (Å²) in [6.45, 7) is 0. The lowest BCUT2D eigenvalue weighted by Crippen LogP contribution is -2.08. The number of carbonyl (C=O) groups is 1. The molecule has 0 atom stereocenters. The second-order valence-electron chi connectivity index (χ2n) is 1.96. The third kappa shape index (κ3) is 9.02. The van der Waals surface area contributed by atoms with Crippen molar-refractivity contribution in [2.24, 2.45) is 5.73 Å². The Bertz CT molecular complexity index is 326. The van der Waals surface area contributed by atoms with Crippen LogP contribution in [0.1, 0.15) is 4.88 Å². The van der Waals surface area contributed by atoms with E-state index in [2.05, 4.69) is 23.2 Å². The standard InChI is InChI=1S/C6H8N2S2.CCl2O.ClH/c1-9-5-3-2-4(10-5)6(7)8;2-1(3)4;/h2-3H,1H3,(H3,7,8);;1H. The lowest BCUT2D eigenvalue weighted by Gasteiger charge is -1.87. The largest absolute Gasteiger partial charge is 0.383 e. The summed E-state index contributed by atoms with van der Waals surface area (Å²) >= 11 is 12.0. The fourth-order valence-electron chi connectivity index (χ4n) is 0.575. The molecule has 1 heterocycles. The topological polar surface area (TPSA) is 66.9 Å². The van der Waals surface area contributed by atoms with E-state index in [0.717, 1.165) is 4.88 Å². The van der Waals surface area contributed by atoms with Gasteiger partial charge in [-0.1, -0.05) is 0 Å². The maximum Gasteiger partial charge on any atom is 0.313 e. The molecule has 0 aliphatic rings. The van der Waals surface area contributed by atoms with Crippen LogP contribution in [-0.2, 0) is 0 Å². The van der Waals surface area contributed by atoms with Gasteiger partial charge in [-0.3, -0.25) is 10.2 Å². The molecule has 0 aliphatic heterocycles. The van der Waals surface area contributed by atoms with Crippen LogP contribution in [0.4, 0.5) is 4.79 Å². The predicted octanol–water partition coefficient (Wildman–Crippen LogP) is 3.76. The highest BCUT2D eigenvalue weighted by Crippen LogP contribution is 2.24. The van der Waals surface area contributed by atoms with Crippen molar-refractivity contribution < 1.29 is 4.79 Å². The second kappa shape index (κ2) is 9.30. The van der Waals surface area contributed by atoms with Crippen LogP contribution in [0.25, 0.3) is 0 Å². The van der Waals surface area contributed by atoms with Crippen LogP contribution < -0.4 is 5.73 Å². The molecule has 0 spiro atoms. The first kappa shape index (κ1) is 17.5. The van der Waals surface area contributed by atoms with Gasteiger partial charge < -0.3 is 5.73 Å². The second-order valence-corrected chi connectivity index (χ2v) is 5.03. The number of nitrogens with two attached hydrogens (primary N) is 1. The number of hydrogen-bond donors (Lipinski definition) is 2. The van der Waals surface area contributed by atoms with E-state index < -0.39 is 4.70 Å². The highest BCUT2D eigenvalue weighted by Gasteiger charge is 1.99. The molecule has 0 aromatic carbocycles. The summed E-state index contributed by atoms with van der Waals surface area (Å²) in [5.41, 5.74) is 5.27. The summed E-state index contributed by atoms with van der Waals surface area (Å²) < 4.78 is 0.310. The van der Waals surface area contributed by atoms with Gasteiger partial charge in [-0.15, -0.1) is 35.5 Å². The van der Waals surface area contributed by atoms with Crippen LogP contribution in [0.5, 0.6) is 0 Å². The Morgan fingerprint density at radius 3 is 2.20 bits per heavy atom. The number of nitrogens with one attached hydrogen (secondary N) is 1. The molecule has 1 aromatic heterocycles. The van der Waals surface area contributed by atoms with Gasteiger partial charge in [-0.2, -0.15) is 0 Å². The quantitative estimate of drug-likeness (QED) is 0.378. The van der Waals surface area contributed by atoms with Crippen molar-refractivity contribution in [1.82, 2.24) is 0 Å². The molecule has 0 amide bonds. The number of thiophene rings is 1. The molecule has 8 heteroatoms. The SMILES string of the molecule is CSc1ccc(C(=N)N)s1.Cl.O=C(Cl)Cl. The van der Waals surface area contributed by atoms with Gasteiger partial charge in [0.15, 0.2) is 0 Å². The molecule has 0 unspecified atom stereocenters. The van der Waals surface area contributed by atoms with Crippen LogP contribution in [0, 0.1) is 5.41 Å². The molecule has 3 nitrogen and oxygen atoms in total. The highest BCUT2D eigenvalue weighted by molar-refractivity contribution is 8.00. The number of nitrogen functional groups attached to an aromatic ring is 1. The molecule has 0 fully saturated rings. The summed E-state index contributed by atoms with van der Waals surface area (Å²) in [5.74, 6) is 0.158. The first-order valence-corrected chi connectivity index (χ1v) is 6.10. The van der Waals surface area contributed by atoms with Gasteiger partial charge in [0.05, 0.1) is 9.09 Å². The molecule has 0 saturated carbocycles. The highest BCUT2D eigenvalue weighted by atomic mass is 35.5. The molecule has 0 bridgehead atoms. The summed E-state index contributed by atoms with van der Waals surface area (Å²) in [6, 6.07) is 3.85. The molecular formula is C7H9Cl3N2OS2. The lowest BCUT2D eigenvalue weighted by atomic mass is 10.4. The number of amidine groups is 1. The molecule has 0 radical (unpaired) electrons. The molecule has 0 saturated heterocycles. The Balaban J connectivity index is 0. The first-order chi connectivity index (χ1) is 6.47. The lowest BCUT2D eigenvalue weighted by molar-refractivity contribution is 0.275. The van der Waals surface area contributed by atoms with E-state index >= 15 is 0 Å². The van der Waals surface area contributed by atoms with Crippen molar-refractivity contribution >= 4 is 69.2 Å². The predicted molar refractivity (Wildman–Crippen MR) is 71.5 cm³/mol. The Labute approximate surface area is 112 Å². The molecule has 86 valence electrons. The van der Waals surface area contributed by atoms with Crippen molar-refractivity contribution in [3.05, 3.63) is 17.0 Å². The normalized spacial score (nSPS) is 8.20. The van der Waals surface area contributed by atoms with Gasteiger partial charge >= 0.3 is 4.70 Å². The zero-order valence-corrected chi connectivity index (χ0v) is 11.6.